The van der Waals surface area contributed by atoms with Gasteiger partial charge in [-0.1, -0.05) is 96.8 Å². The van der Waals surface area contributed by atoms with E-state index >= 15 is 0 Å². The number of carbonyl (C=O) groups excluding carboxylic acids is 1. The number of nitrogens with zero attached hydrogens (tertiary/aromatic N) is 1. The van der Waals surface area contributed by atoms with Crippen molar-refractivity contribution in [2.45, 2.75) is 116 Å². The lowest BCUT2D eigenvalue weighted by molar-refractivity contribution is -0.131. The zero-order valence-corrected chi connectivity index (χ0v) is 22.6. The van der Waals surface area contributed by atoms with E-state index in [1.807, 2.05) is 17.9 Å². The fraction of sp³-hybridized carbons (Fsp3) is 0.690. The van der Waals surface area contributed by atoms with Gasteiger partial charge < -0.3 is 14.7 Å². The SMILES string of the molecule is CCCCCCCCCCCCCCCCC(C)ONNC(=O)CN1CC=C1Oc1ccc(O)cc1. The summed E-state index contributed by atoms with van der Waals surface area (Å²) in [6.45, 7) is 5.12. The Labute approximate surface area is 218 Å². The van der Waals surface area contributed by atoms with Gasteiger partial charge in [-0.05, 0) is 43.7 Å². The standard InChI is InChI=1S/C29H49N3O4/c1-3-4-5-6-7-8-9-10-11-12-13-14-15-16-17-25(2)36-31-30-28(34)24-32-23-22-29(32)35-27-20-18-26(33)19-21-27/h18-22,25,31,33H,3-17,23-24H2,1-2H3,(H,30,34). The fourth-order valence-corrected chi connectivity index (χ4v) is 4.26. The molecule has 0 bridgehead atoms. The van der Waals surface area contributed by atoms with Crippen molar-refractivity contribution in [2.75, 3.05) is 13.1 Å². The van der Waals surface area contributed by atoms with E-state index in [1.165, 1.54) is 83.5 Å². The van der Waals surface area contributed by atoms with Crippen molar-refractivity contribution in [1.82, 2.24) is 15.9 Å². The Balaban J connectivity index is 1.37. The second-order valence-electron chi connectivity index (χ2n) is 9.98. The molecule has 36 heavy (non-hydrogen) atoms. The van der Waals surface area contributed by atoms with E-state index in [4.69, 9.17) is 9.57 Å². The quantitative estimate of drug-likeness (QED) is 0.120. The molecular weight excluding hydrogens is 454 g/mol. The van der Waals surface area contributed by atoms with Crippen LogP contribution in [0.2, 0.25) is 0 Å². The first-order valence-electron chi connectivity index (χ1n) is 14.2. The number of hydrazine groups is 1. The maximum Gasteiger partial charge on any atom is 0.255 e. The van der Waals surface area contributed by atoms with E-state index in [1.54, 1.807) is 24.3 Å². The van der Waals surface area contributed by atoms with Crippen LogP contribution < -0.4 is 15.8 Å². The average Bonchev–Trinajstić information content (AvgIpc) is 2.86. The Morgan fingerprint density at radius 2 is 1.47 bits per heavy atom. The minimum Gasteiger partial charge on any atom is -0.508 e. The van der Waals surface area contributed by atoms with Crippen molar-refractivity contribution in [3.05, 3.63) is 36.2 Å². The second kappa shape index (κ2) is 18.9. The zero-order valence-electron chi connectivity index (χ0n) is 22.6. The molecule has 204 valence electrons. The summed E-state index contributed by atoms with van der Waals surface area (Å²) < 4.78 is 5.72. The van der Waals surface area contributed by atoms with E-state index in [2.05, 4.69) is 17.9 Å². The number of aromatic hydroxyl groups is 1. The number of nitrogens with one attached hydrogen (secondary N) is 2. The summed E-state index contributed by atoms with van der Waals surface area (Å²) in [5.41, 5.74) is 5.18. The van der Waals surface area contributed by atoms with Gasteiger partial charge in [0.05, 0.1) is 6.10 Å². The van der Waals surface area contributed by atoms with Gasteiger partial charge in [-0.2, -0.15) is 0 Å². The third kappa shape index (κ3) is 13.7. The van der Waals surface area contributed by atoms with E-state index < -0.39 is 0 Å². The normalized spacial score (nSPS) is 13.7. The Morgan fingerprint density at radius 1 is 0.917 bits per heavy atom. The van der Waals surface area contributed by atoms with Crippen molar-refractivity contribution in [1.29, 1.82) is 0 Å². The Kier molecular flexibility index (Phi) is 15.8. The van der Waals surface area contributed by atoms with Gasteiger partial charge in [-0.25, -0.2) is 0 Å². The van der Waals surface area contributed by atoms with Gasteiger partial charge in [-0.15, -0.1) is 5.59 Å². The summed E-state index contributed by atoms with van der Waals surface area (Å²) in [6, 6.07) is 6.49. The van der Waals surface area contributed by atoms with Crippen LogP contribution in [0.25, 0.3) is 0 Å². The van der Waals surface area contributed by atoms with Gasteiger partial charge in [0, 0.05) is 6.54 Å². The molecule has 1 amide bonds. The topological polar surface area (TPSA) is 83.1 Å². The van der Waals surface area contributed by atoms with Gasteiger partial charge in [0.15, 0.2) is 5.88 Å². The molecule has 1 atom stereocenters. The van der Waals surface area contributed by atoms with Crippen molar-refractivity contribution in [2.24, 2.45) is 0 Å². The molecule has 1 aliphatic rings. The average molecular weight is 504 g/mol. The third-order valence-corrected chi connectivity index (χ3v) is 6.61. The van der Waals surface area contributed by atoms with Crippen molar-refractivity contribution < 1.29 is 19.5 Å². The van der Waals surface area contributed by atoms with Crippen molar-refractivity contribution >= 4 is 5.91 Å². The molecule has 1 unspecified atom stereocenters. The van der Waals surface area contributed by atoms with E-state index in [-0.39, 0.29) is 24.3 Å². The highest BCUT2D eigenvalue weighted by Gasteiger charge is 2.22. The number of hydrogen-bond donors (Lipinski definition) is 3. The fourth-order valence-electron chi connectivity index (χ4n) is 4.26. The van der Waals surface area contributed by atoms with Crippen LogP contribution in [0.5, 0.6) is 11.5 Å². The number of phenols is 1. The molecule has 0 saturated carbocycles. The predicted octanol–water partition coefficient (Wildman–Crippen LogP) is 6.74. The van der Waals surface area contributed by atoms with Crippen LogP contribution in [-0.2, 0) is 9.63 Å². The van der Waals surface area contributed by atoms with Gasteiger partial charge in [-0.3, -0.25) is 15.1 Å². The van der Waals surface area contributed by atoms with E-state index in [0.717, 1.165) is 12.8 Å². The van der Waals surface area contributed by atoms with E-state index in [9.17, 15) is 9.90 Å². The molecule has 0 saturated heterocycles. The molecule has 0 aromatic heterocycles. The first-order valence-corrected chi connectivity index (χ1v) is 14.2. The smallest absolute Gasteiger partial charge is 0.255 e. The lowest BCUT2D eigenvalue weighted by Crippen LogP contribution is -2.47. The van der Waals surface area contributed by atoms with Crippen molar-refractivity contribution in [3.63, 3.8) is 0 Å². The number of carbonyl (C=O) groups is 1. The van der Waals surface area contributed by atoms with Gasteiger partial charge in [0.25, 0.3) is 5.91 Å². The van der Waals surface area contributed by atoms with Crippen LogP contribution in [0.1, 0.15) is 110 Å². The van der Waals surface area contributed by atoms with Crippen LogP contribution in [0, 0.1) is 0 Å². The minimum atomic E-state index is -0.196. The number of amides is 1. The first-order chi connectivity index (χ1) is 17.6. The molecule has 0 radical (unpaired) electrons. The zero-order chi connectivity index (χ0) is 25.8. The lowest BCUT2D eigenvalue weighted by Gasteiger charge is -2.32. The maximum atomic E-state index is 12.2. The summed E-state index contributed by atoms with van der Waals surface area (Å²) in [6.07, 6.45) is 21.9. The molecule has 3 N–H and O–H groups in total. The number of rotatable bonds is 22. The van der Waals surface area contributed by atoms with Crippen LogP contribution in [-0.4, -0.2) is 35.1 Å². The summed E-state index contributed by atoms with van der Waals surface area (Å²) in [5.74, 6) is 1.23. The Bertz CT molecular complexity index is 739. The summed E-state index contributed by atoms with van der Waals surface area (Å²) in [7, 11) is 0. The molecule has 0 fully saturated rings. The van der Waals surface area contributed by atoms with Crippen LogP contribution in [0.3, 0.4) is 0 Å². The van der Waals surface area contributed by atoms with Crippen molar-refractivity contribution in [3.8, 4) is 11.5 Å². The monoisotopic (exact) mass is 503 g/mol. The van der Waals surface area contributed by atoms with Gasteiger partial charge in [0.1, 0.15) is 18.0 Å². The number of ether oxygens (including phenoxy) is 1. The summed E-state index contributed by atoms with van der Waals surface area (Å²) in [4.78, 5) is 19.5. The molecule has 2 rings (SSSR count). The maximum absolute atomic E-state index is 12.2. The summed E-state index contributed by atoms with van der Waals surface area (Å²) in [5, 5.41) is 9.35. The molecule has 7 heteroatoms. The molecule has 0 aliphatic carbocycles. The molecule has 1 aliphatic heterocycles. The van der Waals surface area contributed by atoms with Crippen LogP contribution >= 0.6 is 0 Å². The molecular formula is C29H49N3O4. The lowest BCUT2D eigenvalue weighted by atomic mass is 10.0. The number of phenolic OH excluding ortho intramolecular Hbond substituents is 1. The highest BCUT2D eigenvalue weighted by molar-refractivity contribution is 5.77. The molecule has 1 aromatic carbocycles. The first kappa shape index (κ1) is 30.0. The summed E-state index contributed by atoms with van der Waals surface area (Å²) >= 11 is 0. The largest absolute Gasteiger partial charge is 0.508 e. The highest BCUT2D eigenvalue weighted by atomic mass is 16.7. The third-order valence-electron chi connectivity index (χ3n) is 6.61. The predicted molar refractivity (Wildman–Crippen MR) is 145 cm³/mol. The van der Waals surface area contributed by atoms with Gasteiger partial charge in [0.2, 0.25) is 0 Å². The molecule has 1 heterocycles. The molecule has 0 spiro atoms. The van der Waals surface area contributed by atoms with Crippen LogP contribution in [0.4, 0.5) is 0 Å². The van der Waals surface area contributed by atoms with Gasteiger partial charge >= 0.3 is 0 Å². The highest BCUT2D eigenvalue weighted by Crippen LogP contribution is 2.23. The number of hydrogen-bond acceptors (Lipinski definition) is 6. The van der Waals surface area contributed by atoms with E-state index in [0.29, 0.717) is 18.2 Å². The Hall–Kier alpha value is -2.25. The minimum absolute atomic E-state index is 0.0416. The molecule has 1 aromatic rings. The molecule has 7 nitrogen and oxygen atoms in total. The number of benzene rings is 1. The van der Waals surface area contributed by atoms with Crippen LogP contribution in [0.15, 0.2) is 36.2 Å². The second-order valence-corrected chi connectivity index (χ2v) is 9.98. The number of unbranched alkanes of at least 4 members (excludes halogenated alkanes) is 13. The Morgan fingerprint density at radius 3 is 2.00 bits per heavy atom.